The quantitative estimate of drug-likeness (QED) is 0.888. The molecule has 0 aromatic heterocycles. The third-order valence-electron chi connectivity index (χ3n) is 3.98. The van der Waals surface area contributed by atoms with Crippen molar-refractivity contribution in [2.75, 3.05) is 0 Å². The van der Waals surface area contributed by atoms with Gasteiger partial charge in [-0.1, -0.05) is 48.5 Å². The molecule has 104 valence electrons. The maximum absolute atomic E-state index is 9.55. The van der Waals surface area contributed by atoms with Crippen LogP contribution in [0.5, 0.6) is 0 Å². The van der Waals surface area contributed by atoms with Crippen molar-refractivity contribution < 1.29 is 5.11 Å². The van der Waals surface area contributed by atoms with Crippen LogP contribution < -0.4 is 5.32 Å². The second-order valence-corrected chi connectivity index (χ2v) is 5.76. The Morgan fingerprint density at radius 1 is 0.950 bits per heavy atom. The minimum Gasteiger partial charge on any atom is -0.393 e. The van der Waals surface area contributed by atoms with Crippen LogP contribution >= 0.6 is 0 Å². The molecule has 0 bridgehead atoms. The summed E-state index contributed by atoms with van der Waals surface area (Å²) in [7, 11) is 0. The zero-order chi connectivity index (χ0) is 14.1. The summed E-state index contributed by atoms with van der Waals surface area (Å²) in [4.78, 5) is 0. The van der Waals surface area contributed by atoms with Gasteiger partial charge >= 0.3 is 0 Å². The standard InChI is InChI=1S/C18H21NO/c1-12(11-13(2)20)19-18-16-9-5-3-7-14(16)15-8-4-6-10-17(15)18/h3-10,12-13,18-20H,11H2,1-2H3. The van der Waals surface area contributed by atoms with E-state index in [0.29, 0.717) is 0 Å². The minimum atomic E-state index is -0.274. The van der Waals surface area contributed by atoms with E-state index in [4.69, 9.17) is 0 Å². The Kier molecular flexibility index (Phi) is 3.60. The molecule has 2 unspecified atom stereocenters. The molecule has 2 N–H and O–H groups in total. The average Bonchev–Trinajstić information content (AvgIpc) is 2.73. The van der Waals surface area contributed by atoms with Gasteiger partial charge in [0.15, 0.2) is 0 Å². The van der Waals surface area contributed by atoms with E-state index in [1.807, 2.05) is 6.92 Å². The second-order valence-electron chi connectivity index (χ2n) is 5.76. The maximum Gasteiger partial charge on any atom is 0.0591 e. The summed E-state index contributed by atoms with van der Waals surface area (Å²) in [5.41, 5.74) is 5.33. The highest BCUT2D eigenvalue weighted by atomic mass is 16.3. The number of hydrogen-bond donors (Lipinski definition) is 2. The van der Waals surface area contributed by atoms with Crippen molar-refractivity contribution in [3.05, 3.63) is 59.7 Å². The molecular weight excluding hydrogens is 246 g/mol. The van der Waals surface area contributed by atoms with Gasteiger partial charge in [-0.05, 0) is 42.5 Å². The fourth-order valence-corrected chi connectivity index (χ4v) is 3.20. The molecular formula is C18H21NO. The van der Waals surface area contributed by atoms with Crippen molar-refractivity contribution in [2.45, 2.75) is 38.5 Å². The molecule has 0 spiro atoms. The Morgan fingerprint density at radius 2 is 1.45 bits per heavy atom. The predicted molar refractivity (Wildman–Crippen MR) is 82.6 cm³/mol. The largest absolute Gasteiger partial charge is 0.393 e. The van der Waals surface area contributed by atoms with Crippen LogP contribution in [-0.2, 0) is 0 Å². The average molecular weight is 267 g/mol. The highest BCUT2D eigenvalue weighted by Gasteiger charge is 2.28. The van der Waals surface area contributed by atoms with Gasteiger partial charge in [-0.25, -0.2) is 0 Å². The molecule has 0 aliphatic heterocycles. The molecule has 0 amide bonds. The van der Waals surface area contributed by atoms with E-state index < -0.39 is 0 Å². The van der Waals surface area contributed by atoms with Crippen molar-refractivity contribution in [1.82, 2.24) is 5.32 Å². The van der Waals surface area contributed by atoms with Crippen LogP contribution in [0.4, 0.5) is 0 Å². The second kappa shape index (κ2) is 5.39. The number of fused-ring (bicyclic) bond motifs is 3. The van der Waals surface area contributed by atoms with Crippen molar-refractivity contribution >= 4 is 0 Å². The summed E-state index contributed by atoms with van der Waals surface area (Å²) in [6.07, 6.45) is 0.491. The molecule has 3 rings (SSSR count). The summed E-state index contributed by atoms with van der Waals surface area (Å²) >= 11 is 0. The molecule has 0 heterocycles. The van der Waals surface area contributed by atoms with Gasteiger partial charge in [-0.3, -0.25) is 0 Å². The lowest BCUT2D eigenvalue weighted by Crippen LogP contribution is -2.32. The van der Waals surface area contributed by atoms with Gasteiger partial charge in [-0.15, -0.1) is 0 Å². The number of nitrogens with one attached hydrogen (secondary N) is 1. The predicted octanol–water partition coefficient (Wildman–Crippen LogP) is 3.51. The van der Waals surface area contributed by atoms with Gasteiger partial charge in [-0.2, -0.15) is 0 Å². The van der Waals surface area contributed by atoms with Crippen LogP contribution in [0.15, 0.2) is 48.5 Å². The Balaban J connectivity index is 1.95. The summed E-state index contributed by atoms with van der Waals surface area (Å²) in [6, 6.07) is 17.7. The monoisotopic (exact) mass is 267 g/mol. The molecule has 0 saturated carbocycles. The number of aliphatic hydroxyl groups excluding tert-OH is 1. The molecule has 2 nitrogen and oxygen atoms in total. The maximum atomic E-state index is 9.55. The molecule has 2 aromatic carbocycles. The van der Waals surface area contributed by atoms with Crippen LogP contribution in [-0.4, -0.2) is 17.3 Å². The summed E-state index contributed by atoms with van der Waals surface area (Å²) in [5, 5.41) is 13.2. The molecule has 2 heteroatoms. The van der Waals surface area contributed by atoms with Crippen LogP contribution in [0, 0.1) is 0 Å². The van der Waals surface area contributed by atoms with E-state index in [-0.39, 0.29) is 18.2 Å². The molecule has 1 aliphatic rings. The van der Waals surface area contributed by atoms with E-state index in [0.717, 1.165) is 6.42 Å². The fourth-order valence-electron chi connectivity index (χ4n) is 3.20. The highest BCUT2D eigenvalue weighted by Crippen LogP contribution is 2.43. The van der Waals surface area contributed by atoms with E-state index in [1.165, 1.54) is 22.3 Å². The van der Waals surface area contributed by atoms with Crippen LogP contribution in [0.1, 0.15) is 37.4 Å². The smallest absolute Gasteiger partial charge is 0.0591 e. The fraction of sp³-hybridized carbons (Fsp3) is 0.333. The van der Waals surface area contributed by atoms with E-state index in [9.17, 15) is 5.11 Å². The first-order valence-corrected chi connectivity index (χ1v) is 7.29. The normalized spacial score (nSPS) is 16.6. The molecule has 2 atom stereocenters. The molecule has 20 heavy (non-hydrogen) atoms. The van der Waals surface area contributed by atoms with Gasteiger partial charge in [0.1, 0.15) is 0 Å². The molecule has 1 aliphatic carbocycles. The van der Waals surface area contributed by atoms with Gasteiger partial charge < -0.3 is 10.4 Å². The van der Waals surface area contributed by atoms with Crippen molar-refractivity contribution in [2.24, 2.45) is 0 Å². The lowest BCUT2D eigenvalue weighted by atomic mass is 10.0. The lowest BCUT2D eigenvalue weighted by molar-refractivity contribution is 0.169. The first-order valence-electron chi connectivity index (χ1n) is 7.29. The molecule has 0 saturated heterocycles. The van der Waals surface area contributed by atoms with E-state index >= 15 is 0 Å². The SMILES string of the molecule is CC(O)CC(C)NC1c2ccccc2-c2ccccc21. The third kappa shape index (κ3) is 2.37. The number of rotatable bonds is 4. The zero-order valence-electron chi connectivity index (χ0n) is 12.0. The summed E-state index contributed by atoms with van der Waals surface area (Å²) in [5.74, 6) is 0. The number of aliphatic hydroxyl groups is 1. The van der Waals surface area contributed by atoms with E-state index in [2.05, 4.69) is 60.8 Å². The highest BCUT2D eigenvalue weighted by molar-refractivity contribution is 5.78. The van der Waals surface area contributed by atoms with Crippen molar-refractivity contribution in [3.63, 3.8) is 0 Å². The van der Waals surface area contributed by atoms with Crippen molar-refractivity contribution in [1.29, 1.82) is 0 Å². The van der Waals surface area contributed by atoms with Crippen LogP contribution in [0.3, 0.4) is 0 Å². The van der Waals surface area contributed by atoms with Crippen LogP contribution in [0.25, 0.3) is 11.1 Å². The Hall–Kier alpha value is -1.64. The van der Waals surface area contributed by atoms with E-state index in [1.54, 1.807) is 0 Å². The minimum absolute atomic E-state index is 0.233. The number of hydrogen-bond acceptors (Lipinski definition) is 2. The Labute approximate surface area is 120 Å². The van der Waals surface area contributed by atoms with Crippen LogP contribution in [0.2, 0.25) is 0 Å². The Morgan fingerprint density at radius 3 is 1.95 bits per heavy atom. The first-order chi connectivity index (χ1) is 9.66. The lowest BCUT2D eigenvalue weighted by Gasteiger charge is -2.22. The summed E-state index contributed by atoms with van der Waals surface area (Å²) < 4.78 is 0. The Bertz CT molecular complexity index is 560. The van der Waals surface area contributed by atoms with Gasteiger partial charge in [0, 0.05) is 6.04 Å². The molecule has 2 aromatic rings. The molecule has 0 radical (unpaired) electrons. The van der Waals surface area contributed by atoms with Crippen molar-refractivity contribution in [3.8, 4) is 11.1 Å². The first kappa shape index (κ1) is 13.3. The summed E-state index contributed by atoms with van der Waals surface area (Å²) in [6.45, 7) is 3.98. The number of benzene rings is 2. The third-order valence-corrected chi connectivity index (χ3v) is 3.98. The van der Waals surface area contributed by atoms with Gasteiger partial charge in [0.05, 0.1) is 12.1 Å². The topological polar surface area (TPSA) is 32.3 Å². The zero-order valence-corrected chi connectivity index (χ0v) is 12.0. The molecule has 0 fully saturated rings. The van der Waals surface area contributed by atoms with Gasteiger partial charge in [0.2, 0.25) is 0 Å². The van der Waals surface area contributed by atoms with Gasteiger partial charge in [0.25, 0.3) is 0 Å².